The number of rotatable bonds is 5. The van der Waals surface area contributed by atoms with Gasteiger partial charge in [0.2, 0.25) is 0 Å². The van der Waals surface area contributed by atoms with Crippen LogP contribution in [0, 0.1) is 5.92 Å². The van der Waals surface area contributed by atoms with E-state index in [1.165, 1.54) is 0 Å². The highest BCUT2D eigenvalue weighted by atomic mass is 16.5. The van der Waals surface area contributed by atoms with Crippen molar-refractivity contribution in [3.63, 3.8) is 0 Å². The fourth-order valence-electron chi connectivity index (χ4n) is 1.67. The molecule has 1 atom stereocenters. The van der Waals surface area contributed by atoms with Gasteiger partial charge in [0.05, 0.1) is 20.3 Å². The number of methoxy groups -OCH3 is 2. The second-order valence-electron chi connectivity index (χ2n) is 4.25. The van der Waals surface area contributed by atoms with Crippen LogP contribution in [0.3, 0.4) is 0 Å². The van der Waals surface area contributed by atoms with E-state index in [-0.39, 0.29) is 0 Å². The Morgan fingerprint density at radius 1 is 1.19 bits per heavy atom. The quantitative estimate of drug-likeness (QED) is 0.835. The molecule has 0 amide bonds. The maximum atomic E-state index is 10.1. The lowest BCUT2D eigenvalue weighted by atomic mass is 9.98. The van der Waals surface area contributed by atoms with Gasteiger partial charge in [0.25, 0.3) is 0 Å². The van der Waals surface area contributed by atoms with Gasteiger partial charge in [0.15, 0.2) is 0 Å². The van der Waals surface area contributed by atoms with Gasteiger partial charge in [-0.05, 0) is 30.5 Å². The lowest BCUT2D eigenvalue weighted by Gasteiger charge is -2.17. The highest BCUT2D eigenvalue weighted by molar-refractivity contribution is 5.41. The van der Waals surface area contributed by atoms with Crippen molar-refractivity contribution in [2.45, 2.75) is 26.4 Å². The normalized spacial score (nSPS) is 12.6. The number of ether oxygens (including phenoxy) is 2. The molecule has 1 aromatic rings. The predicted octanol–water partition coefficient (Wildman–Crippen LogP) is 2.78. The van der Waals surface area contributed by atoms with Crippen LogP contribution in [0.5, 0.6) is 11.5 Å². The molecule has 0 aliphatic heterocycles. The molecule has 0 aromatic heterocycles. The summed E-state index contributed by atoms with van der Waals surface area (Å²) < 4.78 is 10.4. The fourth-order valence-corrected chi connectivity index (χ4v) is 1.67. The molecule has 0 radical (unpaired) electrons. The zero-order chi connectivity index (χ0) is 12.1. The molecule has 0 bridgehead atoms. The molecule has 0 heterocycles. The Morgan fingerprint density at radius 3 is 2.38 bits per heavy atom. The van der Waals surface area contributed by atoms with Crippen LogP contribution in [0.25, 0.3) is 0 Å². The summed E-state index contributed by atoms with van der Waals surface area (Å²) in [7, 11) is 3.22. The van der Waals surface area contributed by atoms with E-state index in [0.717, 1.165) is 11.3 Å². The Hall–Kier alpha value is -1.22. The SMILES string of the molecule is COc1ccc(OC)c(C(O)CC(C)C)c1. The van der Waals surface area contributed by atoms with Crippen LogP contribution >= 0.6 is 0 Å². The summed E-state index contributed by atoms with van der Waals surface area (Å²) in [5, 5.41) is 10.1. The Morgan fingerprint density at radius 2 is 1.88 bits per heavy atom. The molecule has 0 saturated heterocycles. The molecular weight excluding hydrogens is 204 g/mol. The van der Waals surface area contributed by atoms with Gasteiger partial charge >= 0.3 is 0 Å². The second-order valence-corrected chi connectivity index (χ2v) is 4.25. The zero-order valence-corrected chi connectivity index (χ0v) is 10.4. The Balaban J connectivity index is 2.98. The van der Waals surface area contributed by atoms with Crippen LogP contribution in [0.2, 0.25) is 0 Å². The molecule has 0 spiro atoms. The van der Waals surface area contributed by atoms with Crippen molar-refractivity contribution in [1.82, 2.24) is 0 Å². The van der Waals surface area contributed by atoms with E-state index in [2.05, 4.69) is 13.8 Å². The van der Waals surface area contributed by atoms with Gasteiger partial charge in [-0.2, -0.15) is 0 Å². The third-order valence-corrected chi connectivity index (χ3v) is 2.49. The van der Waals surface area contributed by atoms with Crippen molar-refractivity contribution in [3.05, 3.63) is 23.8 Å². The van der Waals surface area contributed by atoms with E-state index in [9.17, 15) is 5.11 Å². The van der Waals surface area contributed by atoms with Crippen molar-refractivity contribution in [1.29, 1.82) is 0 Å². The van der Waals surface area contributed by atoms with Crippen LogP contribution in [0.4, 0.5) is 0 Å². The largest absolute Gasteiger partial charge is 0.497 e. The zero-order valence-electron chi connectivity index (χ0n) is 10.4. The van der Waals surface area contributed by atoms with E-state index in [1.807, 2.05) is 18.2 Å². The first-order valence-electron chi connectivity index (χ1n) is 5.48. The topological polar surface area (TPSA) is 38.7 Å². The van der Waals surface area contributed by atoms with Gasteiger partial charge in [-0.25, -0.2) is 0 Å². The molecule has 1 N–H and O–H groups in total. The number of benzene rings is 1. The van der Waals surface area contributed by atoms with Gasteiger partial charge in [0.1, 0.15) is 11.5 Å². The van der Waals surface area contributed by atoms with Crippen molar-refractivity contribution in [3.8, 4) is 11.5 Å². The summed E-state index contributed by atoms with van der Waals surface area (Å²) in [6.07, 6.45) is 0.203. The standard InChI is InChI=1S/C13H20O3/c1-9(2)7-12(14)11-8-10(15-3)5-6-13(11)16-4/h5-6,8-9,12,14H,7H2,1-4H3. The monoisotopic (exact) mass is 224 g/mol. The fraction of sp³-hybridized carbons (Fsp3) is 0.538. The van der Waals surface area contributed by atoms with Gasteiger partial charge in [0, 0.05) is 5.56 Å². The van der Waals surface area contributed by atoms with Crippen molar-refractivity contribution >= 4 is 0 Å². The lowest BCUT2D eigenvalue weighted by molar-refractivity contribution is 0.147. The number of hydrogen-bond donors (Lipinski definition) is 1. The van der Waals surface area contributed by atoms with Crippen molar-refractivity contribution in [2.24, 2.45) is 5.92 Å². The Kier molecular flexibility index (Phi) is 4.62. The summed E-state index contributed by atoms with van der Waals surface area (Å²) >= 11 is 0. The van der Waals surface area contributed by atoms with Crippen LogP contribution in [-0.2, 0) is 0 Å². The van der Waals surface area contributed by atoms with E-state index in [1.54, 1.807) is 14.2 Å². The molecule has 1 rings (SSSR count). The van der Waals surface area contributed by atoms with Crippen LogP contribution < -0.4 is 9.47 Å². The first kappa shape index (κ1) is 12.8. The minimum absolute atomic E-state index is 0.436. The summed E-state index contributed by atoms with van der Waals surface area (Å²) in [4.78, 5) is 0. The summed E-state index contributed by atoms with van der Waals surface area (Å²) in [6.45, 7) is 4.16. The van der Waals surface area contributed by atoms with Gasteiger partial charge < -0.3 is 14.6 Å². The van der Waals surface area contributed by atoms with Crippen molar-refractivity contribution in [2.75, 3.05) is 14.2 Å². The predicted molar refractivity (Wildman–Crippen MR) is 64.0 cm³/mol. The van der Waals surface area contributed by atoms with Crippen LogP contribution in [-0.4, -0.2) is 19.3 Å². The number of aliphatic hydroxyl groups is 1. The Bertz CT molecular complexity index is 334. The third kappa shape index (κ3) is 3.14. The van der Waals surface area contributed by atoms with Crippen molar-refractivity contribution < 1.29 is 14.6 Å². The van der Waals surface area contributed by atoms with Gasteiger partial charge in [-0.3, -0.25) is 0 Å². The number of aliphatic hydroxyl groups excluding tert-OH is 1. The van der Waals surface area contributed by atoms with Crippen LogP contribution in [0.1, 0.15) is 31.9 Å². The van der Waals surface area contributed by atoms with E-state index < -0.39 is 6.10 Å². The molecule has 3 nitrogen and oxygen atoms in total. The van der Waals surface area contributed by atoms with E-state index in [4.69, 9.17) is 9.47 Å². The number of hydrogen-bond acceptors (Lipinski definition) is 3. The smallest absolute Gasteiger partial charge is 0.124 e. The average molecular weight is 224 g/mol. The molecule has 3 heteroatoms. The lowest BCUT2D eigenvalue weighted by Crippen LogP contribution is -2.04. The second kappa shape index (κ2) is 5.75. The maximum Gasteiger partial charge on any atom is 0.124 e. The summed E-state index contributed by atoms with van der Waals surface area (Å²) in [5.74, 6) is 1.87. The molecule has 0 saturated carbocycles. The molecule has 1 aromatic carbocycles. The minimum Gasteiger partial charge on any atom is -0.497 e. The van der Waals surface area contributed by atoms with Gasteiger partial charge in [-0.1, -0.05) is 13.8 Å². The molecule has 1 unspecified atom stereocenters. The van der Waals surface area contributed by atoms with E-state index in [0.29, 0.717) is 18.1 Å². The molecule has 0 fully saturated rings. The first-order valence-corrected chi connectivity index (χ1v) is 5.48. The highest BCUT2D eigenvalue weighted by Crippen LogP contribution is 2.32. The molecule has 16 heavy (non-hydrogen) atoms. The summed E-state index contributed by atoms with van der Waals surface area (Å²) in [6, 6.07) is 5.47. The average Bonchev–Trinajstić information content (AvgIpc) is 2.27. The van der Waals surface area contributed by atoms with Crippen LogP contribution in [0.15, 0.2) is 18.2 Å². The highest BCUT2D eigenvalue weighted by Gasteiger charge is 2.15. The third-order valence-electron chi connectivity index (χ3n) is 2.49. The van der Waals surface area contributed by atoms with Gasteiger partial charge in [-0.15, -0.1) is 0 Å². The molecular formula is C13H20O3. The van der Waals surface area contributed by atoms with E-state index >= 15 is 0 Å². The first-order chi connectivity index (χ1) is 7.58. The minimum atomic E-state index is -0.509. The summed E-state index contributed by atoms with van der Waals surface area (Å²) in [5.41, 5.74) is 0.788. The Labute approximate surface area is 97.0 Å². The molecule has 0 aliphatic rings. The maximum absolute atomic E-state index is 10.1. The molecule has 0 aliphatic carbocycles. The molecule has 90 valence electrons.